The van der Waals surface area contributed by atoms with Crippen LogP contribution in [0.3, 0.4) is 0 Å². The Balaban J connectivity index is 1.51. The number of hydrogen-bond acceptors (Lipinski definition) is 2. The van der Waals surface area contributed by atoms with Crippen LogP contribution in [0, 0.1) is 17.8 Å². The Morgan fingerprint density at radius 3 is 2.14 bits per heavy atom. The molecule has 3 heteroatoms. The van der Waals surface area contributed by atoms with E-state index in [1.807, 2.05) is 24.3 Å². The van der Waals surface area contributed by atoms with E-state index >= 15 is 0 Å². The summed E-state index contributed by atoms with van der Waals surface area (Å²) in [6.07, 6.45) is 6.97. The molecule has 0 radical (unpaired) electrons. The van der Waals surface area contributed by atoms with Gasteiger partial charge in [-0.1, -0.05) is 29.8 Å². The molecule has 0 amide bonds. The third-order valence-electron chi connectivity index (χ3n) is 4.88. The molecule has 0 unspecified atom stereocenters. The molecule has 2 nitrogen and oxygen atoms in total. The van der Waals surface area contributed by atoms with Crippen LogP contribution in [0.25, 0.3) is 0 Å². The molecule has 2 fully saturated rings. The van der Waals surface area contributed by atoms with Gasteiger partial charge in [-0.2, -0.15) is 0 Å². The van der Waals surface area contributed by atoms with E-state index in [2.05, 4.69) is 12.7 Å². The number of ether oxygens (including phenoxy) is 2. The predicted octanol–water partition coefficient (Wildman–Crippen LogP) is 4.99. The van der Waals surface area contributed by atoms with Gasteiger partial charge in [0.15, 0.2) is 6.29 Å². The zero-order valence-electron chi connectivity index (χ0n) is 12.3. The zero-order valence-corrected chi connectivity index (χ0v) is 13.1. The van der Waals surface area contributed by atoms with E-state index in [1.165, 1.54) is 25.7 Å². The third kappa shape index (κ3) is 3.68. The van der Waals surface area contributed by atoms with Crippen LogP contribution < -0.4 is 0 Å². The molecule has 0 aromatic heterocycles. The summed E-state index contributed by atoms with van der Waals surface area (Å²) in [6.45, 7) is 5.52. The highest BCUT2D eigenvalue weighted by atomic mass is 35.5. The highest BCUT2D eigenvalue weighted by Gasteiger charge is 2.31. The van der Waals surface area contributed by atoms with Crippen LogP contribution in [-0.2, 0) is 9.47 Å². The lowest BCUT2D eigenvalue weighted by Gasteiger charge is -2.37. The van der Waals surface area contributed by atoms with Gasteiger partial charge in [-0.15, -0.1) is 6.58 Å². The second-order valence-electron chi connectivity index (χ2n) is 6.22. The maximum absolute atomic E-state index is 5.94. The number of allylic oxidation sites excluding steroid dienone is 1. The standard InChI is InChI=1S/C18H23ClO2/c1-2-13-3-5-14(6-4-13)16-11-20-18(21-12-16)15-7-9-17(19)10-8-15/h2,7-10,13-14,16,18H,1,3-6,11-12H2. The maximum atomic E-state index is 5.94. The first-order valence-electron chi connectivity index (χ1n) is 7.87. The molecule has 1 aromatic carbocycles. The van der Waals surface area contributed by atoms with Gasteiger partial charge in [0.1, 0.15) is 0 Å². The van der Waals surface area contributed by atoms with Gasteiger partial charge in [-0.25, -0.2) is 0 Å². The van der Waals surface area contributed by atoms with Crippen LogP contribution in [0.5, 0.6) is 0 Å². The molecule has 21 heavy (non-hydrogen) atoms. The van der Waals surface area contributed by atoms with E-state index in [-0.39, 0.29) is 6.29 Å². The highest BCUT2D eigenvalue weighted by molar-refractivity contribution is 6.30. The number of hydrogen-bond donors (Lipinski definition) is 0. The normalized spacial score (nSPS) is 33.6. The van der Waals surface area contributed by atoms with Crippen molar-refractivity contribution >= 4 is 11.6 Å². The smallest absolute Gasteiger partial charge is 0.183 e. The molecule has 0 N–H and O–H groups in total. The molecule has 1 saturated heterocycles. The van der Waals surface area contributed by atoms with E-state index in [0.717, 1.165) is 29.7 Å². The molecular formula is C18H23ClO2. The summed E-state index contributed by atoms with van der Waals surface area (Å²) in [5, 5.41) is 0.742. The van der Waals surface area contributed by atoms with Gasteiger partial charge in [0.05, 0.1) is 13.2 Å². The van der Waals surface area contributed by atoms with Crippen LogP contribution >= 0.6 is 11.6 Å². The zero-order chi connectivity index (χ0) is 14.7. The Kier molecular flexibility index (Phi) is 4.99. The summed E-state index contributed by atoms with van der Waals surface area (Å²) in [7, 11) is 0. The fourth-order valence-corrected chi connectivity index (χ4v) is 3.58. The van der Waals surface area contributed by atoms with E-state index in [1.54, 1.807) is 0 Å². The first kappa shape index (κ1) is 15.1. The van der Waals surface area contributed by atoms with E-state index < -0.39 is 0 Å². The van der Waals surface area contributed by atoms with Gasteiger partial charge in [0.25, 0.3) is 0 Å². The molecule has 1 aliphatic carbocycles. The number of rotatable bonds is 3. The van der Waals surface area contributed by atoms with Gasteiger partial charge in [0.2, 0.25) is 0 Å². The molecular weight excluding hydrogens is 284 g/mol. The summed E-state index contributed by atoms with van der Waals surface area (Å²) < 4.78 is 11.9. The lowest BCUT2D eigenvalue weighted by Crippen LogP contribution is -2.34. The van der Waals surface area contributed by atoms with Crippen molar-refractivity contribution in [1.29, 1.82) is 0 Å². The lowest BCUT2D eigenvalue weighted by atomic mass is 9.76. The largest absolute Gasteiger partial charge is 0.348 e. The molecule has 114 valence electrons. The summed E-state index contributed by atoms with van der Waals surface area (Å²) in [6, 6.07) is 7.71. The minimum absolute atomic E-state index is 0.233. The van der Waals surface area contributed by atoms with Crippen molar-refractivity contribution in [3.8, 4) is 0 Å². The third-order valence-corrected chi connectivity index (χ3v) is 5.13. The Morgan fingerprint density at radius 2 is 1.57 bits per heavy atom. The van der Waals surface area contributed by atoms with Crippen molar-refractivity contribution in [2.75, 3.05) is 13.2 Å². The molecule has 1 saturated carbocycles. The van der Waals surface area contributed by atoms with E-state index in [0.29, 0.717) is 11.8 Å². The van der Waals surface area contributed by atoms with Gasteiger partial charge in [-0.3, -0.25) is 0 Å². The highest BCUT2D eigenvalue weighted by Crippen LogP contribution is 2.37. The Bertz CT molecular complexity index is 455. The first-order chi connectivity index (χ1) is 10.3. The number of halogens is 1. The average Bonchev–Trinajstić information content (AvgIpc) is 2.56. The SMILES string of the molecule is C=CC1CCC(C2COC(c3ccc(Cl)cc3)OC2)CC1. The Labute approximate surface area is 132 Å². The van der Waals surface area contributed by atoms with Crippen LogP contribution in [0.1, 0.15) is 37.5 Å². The fraction of sp³-hybridized carbons (Fsp3) is 0.556. The summed E-state index contributed by atoms with van der Waals surface area (Å²) >= 11 is 5.91. The lowest BCUT2D eigenvalue weighted by molar-refractivity contribution is -0.214. The van der Waals surface area contributed by atoms with Crippen molar-refractivity contribution in [2.24, 2.45) is 17.8 Å². The molecule has 3 rings (SSSR count). The Morgan fingerprint density at radius 1 is 0.952 bits per heavy atom. The molecule has 1 heterocycles. The van der Waals surface area contributed by atoms with Crippen LogP contribution in [0.4, 0.5) is 0 Å². The van der Waals surface area contributed by atoms with Gasteiger partial charge < -0.3 is 9.47 Å². The summed E-state index contributed by atoms with van der Waals surface area (Å²) in [5.41, 5.74) is 1.05. The van der Waals surface area contributed by atoms with Gasteiger partial charge in [0, 0.05) is 16.5 Å². The van der Waals surface area contributed by atoms with Crippen LogP contribution in [-0.4, -0.2) is 13.2 Å². The predicted molar refractivity (Wildman–Crippen MR) is 85.2 cm³/mol. The fourth-order valence-electron chi connectivity index (χ4n) is 3.45. The summed E-state index contributed by atoms with van der Waals surface area (Å²) in [4.78, 5) is 0. The second kappa shape index (κ2) is 6.95. The minimum Gasteiger partial charge on any atom is -0.348 e. The molecule has 1 aliphatic heterocycles. The topological polar surface area (TPSA) is 18.5 Å². The summed E-state index contributed by atoms with van der Waals surface area (Å²) in [5.74, 6) is 2.00. The first-order valence-corrected chi connectivity index (χ1v) is 8.25. The molecule has 0 spiro atoms. The van der Waals surface area contributed by atoms with Crippen LogP contribution in [0.15, 0.2) is 36.9 Å². The van der Waals surface area contributed by atoms with Crippen molar-refractivity contribution in [1.82, 2.24) is 0 Å². The molecule has 1 aromatic rings. The molecule has 0 atom stereocenters. The van der Waals surface area contributed by atoms with Gasteiger partial charge >= 0.3 is 0 Å². The van der Waals surface area contributed by atoms with E-state index in [9.17, 15) is 0 Å². The van der Waals surface area contributed by atoms with Crippen molar-refractivity contribution in [2.45, 2.75) is 32.0 Å². The average molecular weight is 307 g/mol. The quantitative estimate of drug-likeness (QED) is 0.732. The number of benzene rings is 1. The van der Waals surface area contributed by atoms with Crippen molar-refractivity contribution in [3.05, 3.63) is 47.5 Å². The molecule has 2 aliphatic rings. The van der Waals surface area contributed by atoms with Crippen LogP contribution in [0.2, 0.25) is 5.02 Å². The second-order valence-corrected chi connectivity index (χ2v) is 6.66. The minimum atomic E-state index is -0.233. The maximum Gasteiger partial charge on any atom is 0.183 e. The van der Waals surface area contributed by atoms with Crippen molar-refractivity contribution < 1.29 is 9.47 Å². The van der Waals surface area contributed by atoms with E-state index in [4.69, 9.17) is 21.1 Å². The van der Waals surface area contributed by atoms with Crippen molar-refractivity contribution in [3.63, 3.8) is 0 Å². The monoisotopic (exact) mass is 306 g/mol. The molecule has 0 bridgehead atoms. The van der Waals surface area contributed by atoms with Gasteiger partial charge in [-0.05, 0) is 49.7 Å². The Hall–Kier alpha value is -0.830.